The monoisotopic (exact) mass is 203 g/mol. The summed E-state index contributed by atoms with van der Waals surface area (Å²) in [6.45, 7) is 3.26. The van der Waals surface area contributed by atoms with Gasteiger partial charge in [-0.15, -0.1) is 0 Å². The molecule has 0 amide bonds. The largest absolute Gasteiger partial charge is 0.384 e. The third-order valence-corrected chi connectivity index (χ3v) is 2.30. The molecule has 74 valence electrons. The lowest BCUT2D eigenvalue weighted by molar-refractivity contribution is 0.0696. The lowest BCUT2D eigenvalue weighted by Gasteiger charge is -2.16. The molecule has 1 aromatic heterocycles. The Morgan fingerprint density at radius 3 is 2.46 bits per heavy atom. The Balaban J connectivity index is 3.18. The molecule has 1 rings (SSSR count). The Morgan fingerprint density at radius 1 is 1.69 bits per heavy atom. The first-order valence-corrected chi connectivity index (χ1v) is 4.96. The first-order valence-electron chi connectivity index (χ1n) is 3.75. The van der Waals surface area contributed by atoms with Gasteiger partial charge in [-0.3, -0.25) is 4.68 Å². The molecule has 0 radical (unpaired) electrons. The number of rotatable bonds is 2. The van der Waals surface area contributed by atoms with Crippen molar-refractivity contribution in [1.82, 2.24) is 9.78 Å². The van der Waals surface area contributed by atoms with E-state index >= 15 is 0 Å². The lowest BCUT2D eigenvalue weighted by Crippen LogP contribution is -2.19. The van der Waals surface area contributed by atoms with Crippen LogP contribution in [0.3, 0.4) is 0 Å². The maximum absolute atomic E-state index is 10.9. The number of nitrogens with zero attached hydrogens (tertiary/aromatic N) is 2. The van der Waals surface area contributed by atoms with Crippen LogP contribution in [0.25, 0.3) is 0 Å². The minimum absolute atomic E-state index is 0.277. The van der Waals surface area contributed by atoms with Gasteiger partial charge < -0.3 is 5.11 Å². The molecular weight excluding hydrogens is 190 g/mol. The van der Waals surface area contributed by atoms with Crippen LogP contribution in [0, 0.1) is 0 Å². The molecule has 0 saturated heterocycles. The van der Waals surface area contributed by atoms with Gasteiger partial charge in [0.05, 0.1) is 5.69 Å². The minimum Gasteiger partial charge on any atom is -0.384 e. The lowest BCUT2D eigenvalue weighted by atomic mass is 10.1. The third-order valence-electron chi connectivity index (χ3n) is 1.69. The van der Waals surface area contributed by atoms with E-state index in [-0.39, 0.29) is 5.03 Å². The molecule has 1 heterocycles. The van der Waals surface area contributed by atoms with Crippen LogP contribution in [0.4, 0.5) is 0 Å². The fourth-order valence-corrected chi connectivity index (χ4v) is 1.54. The highest BCUT2D eigenvalue weighted by Gasteiger charge is 2.22. The van der Waals surface area contributed by atoms with Gasteiger partial charge in [0, 0.05) is 13.1 Å². The molecule has 6 heteroatoms. The second kappa shape index (κ2) is 3.21. The summed E-state index contributed by atoms with van der Waals surface area (Å²) >= 11 is 0. The standard InChI is InChI=1S/C7H13N3O2S/c1-7(2,11)5-4-6(13(8)12)9-10(5)3/h4,11H,8H2,1-3H3. The van der Waals surface area contributed by atoms with Gasteiger partial charge in [-0.25, -0.2) is 9.35 Å². The maximum atomic E-state index is 10.9. The van der Waals surface area contributed by atoms with E-state index in [1.807, 2.05) is 0 Å². The van der Waals surface area contributed by atoms with Crippen molar-refractivity contribution in [1.29, 1.82) is 0 Å². The Morgan fingerprint density at radius 2 is 2.23 bits per heavy atom. The van der Waals surface area contributed by atoms with Crippen molar-refractivity contribution in [3.8, 4) is 0 Å². The molecule has 0 aliphatic rings. The molecule has 0 aliphatic heterocycles. The van der Waals surface area contributed by atoms with Crippen molar-refractivity contribution in [3.05, 3.63) is 11.8 Å². The molecule has 0 aliphatic carbocycles. The van der Waals surface area contributed by atoms with Gasteiger partial charge in [-0.2, -0.15) is 5.10 Å². The van der Waals surface area contributed by atoms with Crippen LogP contribution in [-0.4, -0.2) is 19.1 Å². The quantitative estimate of drug-likeness (QED) is 0.688. The molecule has 0 saturated carbocycles. The Hall–Kier alpha value is -0.720. The summed E-state index contributed by atoms with van der Waals surface area (Å²) in [6.07, 6.45) is 0. The molecular formula is C7H13N3O2S. The second-order valence-electron chi connectivity index (χ2n) is 3.35. The highest BCUT2D eigenvalue weighted by Crippen LogP contribution is 2.20. The molecule has 5 nitrogen and oxygen atoms in total. The van der Waals surface area contributed by atoms with Crippen LogP contribution in [0.2, 0.25) is 0 Å². The van der Waals surface area contributed by atoms with Crippen LogP contribution in [0.1, 0.15) is 19.5 Å². The van der Waals surface area contributed by atoms with Crippen LogP contribution >= 0.6 is 0 Å². The zero-order chi connectivity index (χ0) is 10.2. The summed E-state index contributed by atoms with van der Waals surface area (Å²) in [6, 6.07) is 1.54. The zero-order valence-electron chi connectivity index (χ0n) is 7.81. The second-order valence-corrected chi connectivity index (χ2v) is 4.36. The average molecular weight is 203 g/mol. The van der Waals surface area contributed by atoms with Gasteiger partial charge in [-0.05, 0) is 13.8 Å². The molecule has 1 aromatic rings. The molecule has 13 heavy (non-hydrogen) atoms. The van der Waals surface area contributed by atoms with Crippen LogP contribution in [0.5, 0.6) is 0 Å². The summed E-state index contributed by atoms with van der Waals surface area (Å²) in [5, 5.41) is 19.0. The predicted octanol–water partition coefficient (Wildman–Crippen LogP) is -0.371. The minimum atomic E-state index is -1.60. The highest BCUT2D eigenvalue weighted by molar-refractivity contribution is 7.82. The summed E-state index contributed by atoms with van der Waals surface area (Å²) in [7, 11) is 0.0740. The summed E-state index contributed by atoms with van der Waals surface area (Å²) < 4.78 is 12.3. The topological polar surface area (TPSA) is 81.1 Å². The molecule has 1 atom stereocenters. The van der Waals surface area contributed by atoms with Crippen LogP contribution in [-0.2, 0) is 23.6 Å². The third kappa shape index (κ3) is 2.15. The van der Waals surface area contributed by atoms with E-state index in [0.29, 0.717) is 5.69 Å². The van der Waals surface area contributed by atoms with E-state index in [2.05, 4.69) is 5.10 Å². The van der Waals surface area contributed by atoms with Crippen molar-refractivity contribution in [2.24, 2.45) is 12.2 Å². The van der Waals surface area contributed by atoms with Crippen molar-refractivity contribution < 1.29 is 9.32 Å². The number of hydrogen-bond acceptors (Lipinski definition) is 3. The van der Waals surface area contributed by atoms with Gasteiger partial charge in [0.15, 0.2) is 5.03 Å². The molecule has 1 unspecified atom stereocenters. The molecule has 0 spiro atoms. The number of nitrogens with two attached hydrogens (primary N) is 1. The maximum Gasteiger partial charge on any atom is 0.164 e. The van der Waals surface area contributed by atoms with Crippen molar-refractivity contribution >= 4 is 11.0 Å². The summed E-state index contributed by atoms with van der Waals surface area (Å²) in [5.41, 5.74) is -0.416. The predicted molar refractivity (Wildman–Crippen MR) is 49.0 cm³/mol. The van der Waals surface area contributed by atoms with Gasteiger partial charge in [0.2, 0.25) is 0 Å². The van der Waals surface area contributed by atoms with Crippen LogP contribution in [0.15, 0.2) is 11.1 Å². The Bertz CT molecular complexity index is 340. The van der Waals surface area contributed by atoms with E-state index < -0.39 is 16.6 Å². The summed E-state index contributed by atoms with van der Waals surface area (Å²) in [4.78, 5) is 0. The molecule has 0 fully saturated rings. The zero-order valence-corrected chi connectivity index (χ0v) is 8.63. The molecule has 3 N–H and O–H groups in total. The van der Waals surface area contributed by atoms with Gasteiger partial charge in [0.1, 0.15) is 16.6 Å². The first kappa shape index (κ1) is 10.4. The van der Waals surface area contributed by atoms with Crippen molar-refractivity contribution in [3.63, 3.8) is 0 Å². The van der Waals surface area contributed by atoms with Gasteiger partial charge in [0.25, 0.3) is 0 Å². The fraction of sp³-hybridized carbons (Fsp3) is 0.571. The van der Waals surface area contributed by atoms with E-state index in [4.69, 9.17) is 5.14 Å². The average Bonchev–Trinajstić information content (AvgIpc) is 2.29. The molecule has 0 bridgehead atoms. The first-order chi connectivity index (χ1) is 5.82. The fourth-order valence-electron chi connectivity index (χ4n) is 1.11. The Kier molecular flexibility index (Phi) is 2.56. The van der Waals surface area contributed by atoms with E-state index in [0.717, 1.165) is 0 Å². The highest BCUT2D eigenvalue weighted by atomic mass is 32.2. The summed E-state index contributed by atoms with van der Waals surface area (Å²) in [5.74, 6) is 0. The number of aromatic nitrogens is 2. The smallest absolute Gasteiger partial charge is 0.164 e. The molecule has 0 aromatic carbocycles. The Labute approximate surface area is 79.1 Å². The number of aliphatic hydroxyl groups is 1. The SMILES string of the molecule is Cn1nc(S(N)=O)cc1C(C)(C)O. The van der Waals surface area contributed by atoms with E-state index in [9.17, 15) is 9.32 Å². The normalized spacial score (nSPS) is 14.5. The van der Waals surface area contributed by atoms with E-state index in [1.165, 1.54) is 10.7 Å². The van der Waals surface area contributed by atoms with E-state index in [1.54, 1.807) is 20.9 Å². The van der Waals surface area contributed by atoms with Gasteiger partial charge in [-0.1, -0.05) is 0 Å². The van der Waals surface area contributed by atoms with Crippen molar-refractivity contribution in [2.75, 3.05) is 0 Å². The van der Waals surface area contributed by atoms with Gasteiger partial charge >= 0.3 is 0 Å². The number of aryl methyl sites for hydroxylation is 1. The van der Waals surface area contributed by atoms with Crippen LogP contribution < -0.4 is 5.14 Å². The van der Waals surface area contributed by atoms with Crippen molar-refractivity contribution in [2.45, 2.75) is 24.5 Å². The number of hydrogen-bond donors (Lipinski definition) is 2.